The van der Waals surface area contributed by atoms with Crippen molar-refractivity contribution in [1.82, 2.24) is 20.9 Å². The molecule has 0 spiro atoms. The third-order valence-electron chi connectivity index (χ3n) is 6.91. The number of nitrogens with two attached hydrogens (primary N) is 3. The van der Waals surface area contributed by atoms with Gasteiger partial charge in [0.25, 0.3) is 0 Å². The van der Waals surface area contributed by atoms with E-state index >= 15 is 0 Å². The molecule has 0 fully saturated rings. The Hall–Kier alpha value is -6.00. The zero-order valence-electron chi connectivity index (χ0n) is 26.2. The standard InChI is InChI=1S/C30H37N9O3.C2HF3O2/c31-26(32)21-12-10-20(11-13-21)16-23(22-8-4-14-36-18-22)28(41)39-25(17-19-6-2-1-3-7-19)29(42)38-24(27(33)40)9-5-15-37-30(34)35;3-2(4,5)1(6)7/h1-4,6-8,10-14,18,23-25H,5,9,15-17H2,(H3,31,32)(H2,33,40)(H,38,42)(H,39,41)(H4,34,35,37);(H,6,7)/t23-,24?,25-;/m0./s1. The molecule has 14 nitrogen and oxygen atoms in total. The van der Waals surface area contributed by atoms with Crippen LogP contribution in [0.4, 0.5) is 13.2 Å². The van der Waals surface area contributed by atoms with Crippen LogP contribution in [0.3, 0.4) is 0 Å². The monoisotopic (exact) mass is 685 g/mol. The zero-order valence-corrected chi connectivity index (χ0v) is 26.2. The Morgan fingerprint density at radius 3 is 1.92 bits per heavy atom. The fraction of sp³-hybridized carbons (Fsp3) is 0.281. The minimum absolute atomic E-state index is 0.0535. The number of rotatable bonds is 15. The number of alkyl halides is 3. The van der Waals surface area contributed by atoms with Crippen molar-refractivity contribution in [2.24, 2.45) is 17.2 Å². The zero-order chi connectivity index (χ0) is 36.6. The van der Waals surface area contributed by atoms with Gasteiger partial charge in [0, 0.05) is 30.9 Å². The maximum Gasteiger partial charge on any atom is 0.490 e. The third-order valence-corrected chi connectivity index (χ3v) is 6.91. The van der Waals surface area contributed by atoms with Gasteiger partial charge in [-0.3, -0.25) is 30.2 Å². The van der Waals surface area contributed by atoms with Gasteiger partial charge in [0.2, 0.25) is 17.7 Å². The minimum Gasteiger partial charge on any atom is -0.475 e. The molecule has 0 saturated carbocycles. The predicted molar refractivity (Wildman–Crippen MR) is 174 cm³/mol. The third kappa shape index (κ3) is 14.1. The van der Waals surface area contributed by atoms with Crippen LogP contribution in [0.1, 0.15) is 41.0 Å². The number of aromatic nitrogens is 1. The molecule has 0 aliphatic rings. The molecule has 3 amide bonds. The molecule has 3 rings (SSSR count). The highest BCUT2D eigenvalue weighted by atomic mass is 19.4. The second kappa shape index (κ2) is 19.0. The summed E-state index contributed by atoms with van der Waals surface area (Å²) in [6, 6.07) is 17.8. The van der Waals surface area contributed by atoms with Gasteiger partial charge in [0.1, 0.15) is 17.9 Å². The number of aliphatic carboxylic acids is 1. The molecule has 0 aliphatic carbocycles. The molecule has 262 valence electrons. The van der Waals surface area contributed by atoms with Gasteiger partial charge in [-0.1, -0.05) is 60.7 Å². The number of carboxylic acids is 1. The molecular weight excluding hydrogens is 647 g/mol. The van der Waals surface area contributed by atoms with Crippen LogP contribution in [-0.4, -0.2) is 70.4 Å². The second-order valence-corrected chi connectivity index (χ2v) is 10.7. The number of carboxylic acid groups (broad SMARTS) is 1. The van der Waals surface area contributed by atoms with E-state index in [1.54, 1.807) is 48.8 Å². The number of carbonyl (C=O) groups is 4. The summed E-state index contributed by atoms with van der Waals surface area (Å²) in [5.41, 5.74) is 19.3. The van der Waals surface area contributed by atoms with Crippen LogP contribution in [0.5, 0.6) is 0 Å². The summed E-state index contributed by atoms with van der Waals surface area (Å²) < 4.78 is 31.7. The Balaban J connectivity index is 0.00000107. The van der Waals surface area contributed by atoms with Crippen molar-refractivity contribution in [2.75, 3.05) is 6.54 Å². The van der Waals surface area contributed by atoms with Crippen LogP contribution in [0.25, 0.3) is 0 Å². The van der Waals surface area contributed by atoms with Gasteiger partial charge in [-0.25, -0.2) is 4.79 Å². The number of hydrogen-bond acceptors (Lipinski definition) is 7. The molecule has 1 unspecified atom stereocenters. The van der Waals surface area contributed by atoms with Gasteiger partial charge in [-0.05, 0) is 42.0 Å². The number of nitrogen functional groups attached to an aromatic ring is 1. The molecule has 1 aromatic heterocycles. The Labute approximate surface area is 279 Å². The maximum absolute atomic E-state index is 13.8. The lowest BCUT2D eigenvalue weighted by Crippen LogP contribution is -2.54. The summed E-state index contributed by atoms with van der Waals surface area (Å²) >= 11 is 0. The summed E-state index contributed by atoms with van der Waals surface area (Å²) in [4.78, 5) is 52.5. The molecule has 12 N–H and O–H groups in total. The summed E-state index contributed by atoms with van der Waals surface area (Å²) in [5.74, 6) is -5.34. The first-order valence-electron chi connectivity index (χ1n) is 14.7. The first-order chi connectivity index (χ1) is 23.1. The van der Waals surface area contributed by atoms with Gasteiger partial charge < -0.3 is 38.3 Å². The summed E-state index contributed by atoms with van der Waals surface area (Å²) in [6.07, 6.45) is -0.720. The number of benzene rings is 2. The van der Waals surface area contributed by atoms with Crippen molar-refractivity contribution in [3.05, 3.63) is 101 Å². The van der Waals surface area contributed by atoms with Crippen LogP contribution in [0, 0.1) is 10.8 Å². The summed E-state index contributed by atoms with van der Waals surface area (Å²) in [7, 11) is 0. The number of primary amides is 1. The van der Waals surface area contributed by atoms with Gasteiger partial charge in [0.05, 0.1) is 5.92 Å². The van der Waals surface area contributed by atoms with Crippen LogP contribution >= 0.6 is 0 Å². The highest BCUT2D eigenvalue weighted by Crippen LogP contribution is 2.22. The Morgan fingerprint density at radius 2 is 1.41 bits per heavy atom. The van der Waals surface area contributed by atoms with Crippen molar-refractivity contribution in [2.45, 2.75) is 49.9 Å². The van der Waals surface area contributed by atoms with E-state index in [1.165, 1.54) is 0 Å². The van der Waals surface area contributed by atoms with Crippen molar-refractivity contribution in [1.29, 1.82) is 10.8 Å². The number of nitrogens with zero attached hydrogens (tertiary/aromatic N) is 1. The lowest BCUT2D eigenvalue weighted by Gasteiger charge is -2.25. The fourth-order valence-electron chi connectivity index (χ4n) is 4.42. The molecule has 0 radical (unpaired) electrons. The largest absolute Gasteiger partial charge is 0.490 e. The number of halogens is 3. The molecule has 0 bridgehead atoms. The maximum atomic E-state index is 13.8. The number of amidine groups is 1. The topological polar surface area (TPSA) is 263 Å². The van der Waals surface area contributed by atoms with E-state index in [9.17, 15) is 27.6 Å². The lowest BCUT2D eigenvalue weighted by molar-refractivity contribution is -0.192. The Bertz CT molecular complexity index is 1570. The van der Waals surface area contributed by atoms with Crippen LogP contribution < -0.4 is 33.2 Å². The SMILES string of the molecule is N=C(N)NCCCC(NC(=O)[C@H](Cc1ccccc1)NC(=O)[C@@H](Cc1ccc(C(=N)N)cc1)c1cccnc1)C(N)=O.O=C(O)C(F)(F)F. The van der Waals surface area contributed by atoms with Gasteiger partial charge in [0.15, 0.2) is 5.96 Å². The molecule has 3 aromatic rings. The molecule has 3 atom stereocenters. The summed E-state index contributed by atoms with van der Waals surface area (Å²) in [6.45, 7) is 0.333. The number of carbonyl (C=O) groups excluding carboxylic acids is 3. The average molecular weight is 686 g/mol. The molecular formula is C32H38F3N9O5. The molecule has 49 heavy (non-hydrogen) atoms. The van der Waals surface area contributed by atoms with Gasteiger partial charge >= 0.3 is 12.1 Å². The lowest BCUT2D eigenvalue weighted by atomic mass is 9.91. The second-order valence-electron chi connectivity index (χ2n) is 10.7. The normalized spacial score (nSPS) is 12.6. The first kappa shape index (κ1) is 39.2. The van der Waals surface area contributed by atoms with Crippen LogP contribution in [0.2, 0.25) is 0 Å². The predicted octanol–water partition coefficient (Wildman–Crippen LogP) is 1.29. The highest BCUT2D eigenvalue weighted by molar-refractivity contribution is 5.95. The molecule has 17 heteroatoms. The van der Waals surface area contributed by atoms with E-state index < -0.39 is 47.9 Å². The first-order valence-corrected chi connectivity index (χ1v) is 14.7. The number of guanidine groups is 1. The number of nitrogens with one attached hydrogen (secondary N) is 5. The minimum atomic E-state index is -5.08. The Kier molecular flexibility index (Phi) is 15.2. The van der Waals surface area contributed by atoms with E-state index in [1.807, 2.05) is 30.3 Å². The fourth-order valence-corrected chi connectivity index (χ4v) is 4.42. The molecule has 0 saturated heterocycles. The van der Waals surface area contributed by atoms with E-state index in [-0.39, 0.29) is 24.6 Å². The number of hydrogen-bond donors (Lipinski definition) is 9. The van der Waals surface area contributed by atoms with Crippen LogP contribution in [0.15, 0.2) is 79.1 Å². The van der Waals surface area contributed by atoms with Crippen molar-refractivity contribution in [3.8, 4) is 0 Å². The molecule has 2 aromatic carbocycles. The van der Waals surface area contributed by atoms with Crippen LogP contribution in [-0.2, 0) is 32.0 Å². The average Bonchev–Trinajstić information content (AvgIpc) is 3.05. The van der Waals surface area contributed by atoms with E-state index in [4.69, 9.17) is 37.9 Å². The molecule has 0 aliphatic heterocycles. The smallest absolute Gasteiger partial charge is 0.475 e. The number of amides is 3. The Morgan fingerprint density at radius 1 is 0.816 bits per heavy atom. The number of pyridine rings is 1. The van der Waals surface area contributed by atoms with E-state index in [0.717, 1.165) is 11.1 Å². The quantitative estimate of drug-likeness (QED) is 0.0633. The van der Waals surface area contributed by atoms with E-state index in [2.05, 4.69) is 20.9 Å². The van der Waals surface area contributed by atoms with Gasteiger partial charge in [-0.2, -0.15) is 13.2 Å². The summed E-state index contributed by atoms with van der Waals surface area (Å²) in [5, 5.41) is 30.2. The van der Waals surface area contributed by atoms with Gasteiger partial charge in [-0.15, -0.1) is 0 Å². The molecule has 1 heterocycles. The van der Waals surface area contributed by atoms with Crippen molar-refractivity contribution in [3.63, 3.8) is 0 Å². The van der Waals surface area contributed by atoms with Crippen molar-refractivity contribution < 1.29 is 37.5 Å². The van der Waals surface area contributed by atoms with Crippen molar-refractivity contribution >= 4 is 35.5 Å². The highest BCUT2D eigenvalue weighted by Gasteiger charge is 2.38. The van der Waals surface area contributed by atoms with E-state index in [0.29, 0.717) is 30.5 Å².